The van der Waals surface area contributed by atoms with Gasteiger partial charge in [0.25, 0.3) is 0 Å². The Morgan fingerprint density at radius 2 is 1.93 bits per heavy atom. The third-order valence-corrected chi connectivity index (χ3v) is 3.91. The maximum atomic E-state index is 2.54. The van der Waals surface area contributed by atoms with E-state index in [4.69, 9.17) is 0 Å². The van der Waals surface area contributed by atoms with Gasteiger partial charge in [-0.3, -0.25) is 14.4 Å². The Balaban J connectivity index is 2.12. The zero-order chi connectivity index (χ0) is 9.97. The van der Waals surface area contributed by atoms with Gasteiger partial charge in [0.2, 0.25) is 0 Å². The number of hydrogen-bond donors (Lipinski definition) is 0. The van der Waals surface area contributed by atoms with E-state index in [1.54, 1.807) is 0 Å². The number of hydrogen-bond acceptors (Lipinski definition) is 3. The summed E-state index contributed by atoms with van der Waals surface area (Å²) in [6.45, 7) is 4.86. The molecule has 0 N–H and O–H groups in total. The highest BCUT2D eigenvalue weighted by Gasteiger charge is 2.29. The average Bonchev–Trinajstić information content (AvgIpc) is 2.19. The zero-order valence-electron chi connectivity index (χ0n) is 9.20. The van der Waals surface area contributed by atoms with Crippen molar-refractivity contribution >= 4 is 17.7 Å². The van der Waals surface area contributed by atoms with Crippen molar-refractivity contribution in [2.45, 2.75) is 6.42 Å². The minimum absolute atomic E-state index is 1.21. The van der Waals surface area contributed by atoms with Crippen molar-refractivity contribution in [2.24, 2.45) is 0 Å². The summed E-state index contributed by atoms with van der Waals surface area (Å²) in [6.07, 6.45) is 1.29. The highest BCUT2D eigenvalue weighted by molar-refractivity contribution is 7.99. The van der Waals surface area contributed by atoms with Crippen molar-refractivity contribution in [1.82, 2.24) is 9.80 Å². The number of thioether (sulfide) groups is 1. The summed E-state index contributed by atoms with van der Waals surface area (Å²) in [6, 6.07) is 0. The van der Waals surface area contributed by atoms with E-state index in [0.29, 0.717) is 0 Å². The Kier molecular flexibility index (Phi) is 3.21. The first-order chi connectivity index (χ1) is 6.79. The molecule has 2 aliphatic rings. The van der Waals surface area contributed by atoms with Gasteiger partial charge >= 0.3 is 5.96 Å². The van der Waals surface area contributed by atoms with Gasteiger partial charge in [-0.15, -0.1) is 0 Å². The van der Waals surface area contributed by atoms with Crippen LogP contribution in [-0.2, 0) is 0 Å². The van der Waals surface area contributed by atoms with E-state index in [0.717, 1.165) is 0 Å². The van der Waals surface area contributed by atoms with Gasteiger partial charge in [0.15, 0.2) is 0 Å². The maximum absolute atomic E-state index is 2.54. The summed E-state index contributed by atoms with van der Waals surface area (Å²) < 4.78 is 2.40. The number of guanidine groups is 1. The molecule has 2 heterocycles. The third kappa shape index (κ3) is 2.00. The minimum Gasteiger partial charge on any atom is -0.267 e. The van der Waals surface area contributed by atoms with E-state index < -0.39 is 0 Å². The molecule has 0 spiro atoms. The lowest BCUT2D eigenvalue weighted by molar-refractivity contribution is -0.514. The Bertz CT molecular complexity index is 234. The molecule has 80 valence electrons. The summed E-state index contributed by atoms with van der Waals surface area (Å²) in [7, 11) is 4.43. The molecule has 0 saturated carbocycles. The van der Waals surface area contributed by atoms with E-state index >= 15 is 0 Å². The van der Waals surface area contributed by atoms with Crippen LogP contribution in [0.25, 0.3) is 0 Å². The van der Waals surface area contributed by atoms with Crippen molar-refractivity contribution in [3.63, 3.8) is 0 Å². The topological polar surface area (TPSA) is 9.49 Å². The van der Waals surface area contributed by atoms with Crippen LogP contribution < -0.4 is 0 Å². The largest absolute Gasteiger partial charge is 0.350 e. The smallest absolute Gasteiger partial charge is 0.267 e. The molecule has 0 amide bonds. The molecule has 0 bridgehead atoms. The SMILES string of the molecule is CN1CCC[N+](C)=C1N1CCSCC1. The fourth-order valence-corrected chi connectivity index (χ4v) is 3.19. The molecular formula is C10H20N3S+. The van der Waals surface area contributed by atoms with E-state index in [-0.39, 0.29) is 0 Å². The molecular weight excluding hydrogens is 194 g/mol. The number of rotatable bonds is 0. The molecule has 0 aromatic rings. The maximum Gasteiger partial charge on any atom is 0.350 e. The van der Waals surface area contributed by atoms with Gasteiger partial charge in [0.05, 0.1) is 40.3 Å². The molecule has 0 atom stereocenters. The van der Waals surface area contributed by atoms with Crippen LogP contribution in [-0.4, -0.2) is 72.1 Å². The molecule has 0 aliphatic carbocycles. The van der Waals surface area contributed by atoms with Crippen molar-refractivity contribution < 1.29 is 4.58 Å². The predicted molar refractivity (Wildman–Crippen MR) is 62.2 cm³/mol. The van der Waals surface area contributed by atoms with Crippen molar-refractivity contribution in [3.05, 3.63) is 0 Å². The molecule has 1 saturated heterocycles. The fourth-order valence-electron chi connectivity index (χ4n) is 2.28. The zero-order valence-corrected chi connectivity index (χ0v) is 10.0. The molecule has 4 heteroatoms. The molecule has 0 unspecified atom stereocenters. The van der Waals surface area contributed by atoms with E-state index in [9.17, 15) is 0 Å². The van der Waals surface area contributed by atoms with Crippen LogP contribution >= 0.6 is 11.8 Å². The second-order valence-electron chi connectivity index (χ2n) is 4.10. The van der Waals surface area contributed by atoms with Gasteiger partial charge in [-0.1, -0.05) is 0 Å². The Morgan fingerprint density at radius 1 is 1.21 bits per heavy atom. The van der Waals surface area contributed by atoms with Crippen LogP contribution in [0.4, 0.5) is 0 Å². The lowest BCUT2D eigenvalue weighted by Gasteiger charge is -2.32. The van der Waals surface area contributed by atoms with E-state index in [1.165, 1.54) is 50.1 Å². The molecule has 1 fully saturated rings. The van der Waals surface area contributed by atoms with Gasteiger partial charge in [0, 0.05) is 17.9 Å². The highest BCUT2D eigenvalue weighted by atomic mass is 32.2. The minimum atomic E-state index is 1.21. The van der Waals surface area contributed by atoms with Gasteiger partial charge in [-0.2, -0.15) is 11.8 Å². The van der Waals surface area contributed by atoms with Crippen LogP contribution in [0.3, 0.4) is 0 Å². The van der Waals surface area contributed by atoms with Crippen LogP contribution in [0.2, 0.25) is 0 Å². The van der Waals surface area contributed by atoms with Gasteiger partial charge in [-0.05, 0) is 0 Å². The summed E-state index contributed by atoms with van der Waals surface area (Å²) in [5.74, 6) is 4.01. The Hall–Kier alpha value is -0.380. The Labute approximate surface area is 90.8 Å². The standard InChI is InChI=1S/C10H20N3S/c1-11-4-3-5-12(2)10(11)13-6-8-14-9-7-13/h3-9H2,1-2H3/q+1. The van der Waals surface area contributed by atoms with Crippen molar-refractivity contribution in [2.75, 3.05) is 51.8 Å². The van der Waals surface area contributed by atoms with E-state index in [2.05, 4.69) is 40.2 Å². The molecule has 0 radical (unpaired) electrons. The second-order valence-corrected chi connectivity index (χ2v) is 5.32. The third-order valence-electron chi connectivity index (χ3n) is 2.96. The second kappa shape index (κ2) is 4.43. The molecule has 2 aliphatic heterocycles. The van der Waals surface area contributed by atoms with Crippen molar-refractivity contribution in [3.8, 4) is 0 Å². The quantitative estimate of drug-likeness (QED) is 0.539. The van der Waals surface area contributed by atoms with Gasteiger partial charge in [-0.25, -0.2) is 0 Å². The molecule has 14 heavy (non-hydrogen) atoms. The average molecular weight is 214 g/mol. The molecule has 3 nitrogen and oxygen atoms in total. The first kappa shape index (κ1) is 10.1. The first-order valence-electron chi connectivity index (χ1n) is 5.41. The van der Waals surface area contributed by atoms with Gasteiger partial charge in [0.1, 0.15) is 0 Å². The Morgan fingerprint density at radius 3 is 2.57 bits per heavy atom. The van der Waals surface area contributed by atoms with Crippen LogP contribution in [0.1, 0.15) is 6.42 Å². The van der Waals surface area contributed by atoms with Gasteiger partial charge < -0.3 is 0 Å². The highest BCUT2D eigenvalue weighted by Crippen LogP contribution is 2.12. The predicted octanol–water partition coefficient (Wildman–Crippen LogP) is 0.369. The fraction of sp³-hybridized carbons (Fsp3) is 0.900. The van der Waals surface area contributed by atoms with E-state index in [1.807, 2.05) is 0 Å². The lowest BCUT2D eigenvalue weighted by Crippen LogP contribution is -2.53. The lowest BCUT2D eigenvalue weighted by atomic mass is 10.3. The molecule has 2 rings (SSSR count). The number of nitrogens with zero attached hydrogens (tertiary/aromatic N) is 3. The summed E-state index contributed by atoms with van der Waals surface area (Å²) in [5.41, 5.74) is 0. The normalized spacial score (nSPS) is 24.4. The first-order valence-corrected chi connectivity index (χ1v) is 6.56. The van der Waals surface area contributed by atoms with Crippen molar-refractivity contribution in [1.29, 1.82) is 0 Å². The summed E-state index contributed by atoms with van der Waals surface area (Å²) in [5, 5.41) is 0. The van der Waals surface area contributed by atoms with Crippen LogP contribution in [0, 0.1) is 0 Å². The monoisotopic (exact) mass is 214 g/mol. The molecule has 0 aromatic heterocycles. The molecule has 0 aromatic carbocycles. The summed E-state index contributed by atoms with van der Waals surface area (Å²) in [4.78, 5) is 4.94. The van der Waals surface area contributed by atoms with Crippen LogP contribution in [0.5, 0.6) is 0 Å². The van der Waals surface area contributed by atoms with Crippen LogP contribution in [0.15, 0.2) is 0 Å². The summed E-state index contributed by atoms with van der Waals surface area (Å²) >= 11 is 2.07.